The number of nitrogens with one attached hydrogen (secondary N) is 2. The smallest absolute Gasteiger partial charge is 0.161 e. The van der Waals surface area contributed by atoms with Gasteiger partial charge in [0.2, 0.25) is 0 Å². The van der Waals surface area contributed by atoms with Crippen molar-refractivity contribution in [3.05, 3.63) is 41.0 Å². The molecule has 1 saturated carbocycles. The third-order valence-corrected chi connectivity index (χ3v) is 6.66. The molecule has 0 radical (unpaired) electrons. The molecule has 1 aliphatic heterocycles. The molecule has 9 heteroatoms. The van der Waals surface area contributed by atoms with E-state index in [9.17, 15) is 5.11 Å². The molecule has 2 aliphatic rings. The highest BCUT2D eigenvalue weighted by atomic mass is 35.5. The number of halogens is 1. The fourth-order valence-corrected chi connectivity index (χ4v) is 4.77. The molecule has 0 spiro atoms. The first-order valence-corrected chi connectivity index (χ1v) is 11.8. The van der Waals surface area contributed by atoms with E-state index < -0.39 is 6.10 Å². The van der Waals surface area contributed by atoms with Crippen molar-refractivity contribution in [3.63, 3.8) is 0 Å². The lowest BCUT2D eigenvalue weighted by Crippen LogP contribution is -2.29. The Kier molecular flexibility index (Phi) is 6.18. The zero-order valence-corrected chi connectivity index (χ0v) is 19.8. The number of ether oxygens (including phenoxy) is 2. The molecule has 33 heavy (non-hydrogen) atoms. The number of hydrogen-bond acceptors (Lipinski definition) is 7. The second-order valence-electron chi connectivity index (χ2n) is 9.25. The Balaban J connectivity index is 1.50. The number of nitrogens with zero attached hydrogens (tertiary/aromatic N) is 3. The van der Waals surface area contributed by atoms with Gasteiger partial charge in [0.05, 0.1) is 25.1 Å². The summed E-state index contributed by atoms with van der Waals surface area (Å²) in [4.78, 5) is 4.96. The van der Waals surface area contributed by atoms with Gasteiger partial charge in [0.25, 0.3) is 0 Å². The van der Waals surface area contributed by atoms with Gasteiger partial charge in [0.1, 0.15) is 24.3 Å². The largest absolute Gasteiger partial charge is 0.491 e. The molecular formula is C24H30ClN5O3. The van der Waals surface area contributed by atoms with Crippen molar-refractivity contribution in [1.82, 2.24) is 19.9 Å². The van der Waals surface area contributed by atoms with E-state index in [2.05, 4.69) is 29.6 Å². The summed E-state index contributed by atoms with van der Waals surface area (Å²) >= 11 is 6.42. The van der Waals surface area contributed by atoms with Crippen LogP contribution in [0.2, 0.25) is 5.02 Å². The molecule has 3 aromatic rings. The van der Waals surface area contributed by atoms with Crippen LogP contribution in [0.3, 0.4) is 0 Å². The van der Waals surface area contributed by atoms with Gasteiger partial charge in [-0.15, -0.1) is 0 Å². The van der Waals surface area contributed by atoms with E-state index in [1.807, 2.05) is 28.9 Å². The number of fused-ring (bicyclic) bond motifs is 2. The maximum absolute atomic E-state index is 9.98. The van der Waals surface area contributed by atoms with Crippen molar-refractivity contribution in [2.75, 3.05) is 38.7 Å². The number of anilines is 1. The van der Waals surface area contributed by atoms with Gasteiger partial charge in [-0.2, -0.15) is 9.61 Å². The summed E-state index contributed by atoms with van der Waals surface area (Å²) in [5.41, 5.74) is 3.56. The number of aromatic nitrogens is 3. The second-order valence-corrected chi connectivity index (χ2v) is 9.69. The van der Waals surface area contributed by atoms with Crippen molar-refractivity contribution >= 4 is 23.1 Å². The van der Waals surface area contributed by atoms with Gasteiger partial charge in [-0.1, -0.05) is 25.4 Å². The SMILES string of the molecule is CNCC(O)COc1cc(Cl)cc(-c2cc(NC3C4COCC43)n3ncc(C(C)C)c3n2)c1. The minimum atomic E-state index is -0.606. The lowest BCUT2D eigenvalue weighted by Gasteiger charge is -2.15. The lowest BCUT2D eigenvalue weighted by atomic mass is 10.1. The Bertz CT molecular complexity index is 1140. The van der Waals surface area contributed by atoms with E-state index in [0.29, 0.717) is 41.1 Å². The summed E-state index contributed by atoms with van der Waals surface area (Å²) in [6.07, 6.45) is 1.29. The van der Waals surface area contributed by atoms with E-state index in [-0.39, 0.29) is 6.61 Å². The number of aliphatic hydroxyl groups excluding tert-OH is 1. The lowest BCUT2D eigenvalue weighted by molar-refractivity contribution is 0.108. The monoisotopic (exact) mass is 471 g/mol. The van der Waals surface area contributed by atoms with Crippen LogP contribution in [0.25, 0.3) is 16.9 Å². The van der Waals surface area contributed by atoms with Gasteiger partial charge >= 0.3 is 0 Å². The summed E-state index contributed by atoms with van der Waals surface area (Å²) in [5.74, 6) is 2.92. The molecule has 8 nitrogen and oxygen atoms in total. The second kappa shape index (κ2) is 9.10. The Labute approximate surface area is 198 Å². The number of rotatable bonds is 9. The number of hydrogen-bond donors (Lipinski definition) is 3. The first-order chi connectivity index (χ1) is 15.9. The van der Waals surface area contributed by atoms with E-state index in [1.165, 1.54) is 0 Å². The highest BCUT2D eigenvalue weighted by molar-refractivity contribution is 6.31. The summed E-state index contributed by atoms with van der Waals surface area (Å²) in [6, 6.07) is 7.96. The van der Waals surface area contributed by atoms with Crippen molar-refractivity contribution in [3.8, 4) is 17.0 Å². The average Bonchev–Trinajstić information content (AvgIpc) is 3.14. The van der Waals surface area contributed by atoms with Crippen LogP contribution in [0.5, 0.6) is 5.75 Å². The Morgan fingerprint density at radius 1 is 1.24 bits per heavy atom. The molecule has 3 atom stereocenters. The Morgan fingerprint density at radius 3 is 2.76 bits per heavy atom. The van der Waals surface area contributed by atoms with Crippen molar-refractivity contribution in [2.45, 2.75) is 31.9 Å². The molecular weight excluding hydrogens is 442 g/mol. The fourth-order valence-electron chi connectivity index (χ4n) is 4.54. The van der Waals surface area contributed by atoms with Crippen molar-refractivity contribution in [2.24, 2.45) is 11.8 Å². The van der Waals surface area contributed by atoms with Crippen LogP contribution in [0, 0.1) is 11.8 Å². The van der Waals surface area contributed by atoms with Gasteiger partial charge in [0, 0.05) is 46.6 Å². The maximum atomic E-state index is 9.98. The summed E-state index contributed by atoms with van der Waals surface area (Å²) < 4.78 is 13.2. The van der Waals surface area contributed by atoms with Crippen LogP contribution in [-0.4, -0.2) is 65.3 Å². The normalized spacial score (nSPS) is 22.5. The first kappa shape index (κ1) is 22.4. The van der Waals surface area contributed by atoms with Crippen LogP contribution in [0.1, 0.15) is 25.3 Å². The van der Waals surface area contributed by atoms with E-state index in [0.717, 1.165) is 41.5 Å². The summed E-state index contributed by atoms with van der Waals surface area (Å²) in [5, 5.41) is 21.8. The molecule has 3 N–H and O–H groups in total. The number of aliphatic hydroxyl groups is 1. The molecule has 176 valence electrons. The van der Waals surface area contributed by atoms with Crippen molar-refractivity contribution < 1.29 is 14.6 Å². The number of likely N-dealkylation sites (N-methyl/N-ethyl adjacent to an activating group) is 1. The van der Waals surface area contributed by atoms with Gasteiger partial charge in [-0.3, -0.25) is 0 Å². The van der Waals surface area contributed by atoms with Gasteiger partial charge in [-0.05, 0) is 31.2 Å². The first-order valence-electron chi connectivity index (χ1n) is 11.4. The minimum Gasteiger partial charge on any atom is -0.491 e. The van der Waals surface area contributed by atoms with Crippen LogP contribution in [-0.2, 0) is 4.74 Å². The molecule has 2 fully saturated rings. The molecule has 3 heterocycles. The average molecular weight is 472 g/mol. The standard InChI is InChI=1S/C24H30ClN5O3/c1-13(2)18-9-27-30-22(29-23-19-11-32-12-20(19)23)7-21(28-24(18)30)14-4-15(25)6-17(5-14)33-10-16(31)8-26-3/h4-7,9,13,16,19-20,23,26,29,31H,8,10-12H2,1-3H3. The van der Waals surface area contributed by atoms with Crippen LogP contribution in [0.15, 0.2) is 30.5 Å². The predicted octanol–water partition coefficient (Wildman–Crippen LogP) is 3.19. The predicted molar refractivity (Wildman–Crippen MR) is 128 cm³/mol. The molecule has 0 amide bonds. The zero-order chi connectivity index (χ0) is 23.1. The van der Waals surface area contributed by atoms with Crippen molar-refractivity contribution in [1.29, 1.82) is 0 Å². The fraction of sp³-hybridized carbons (Fsp3) is 0.500. The number of benzene rings is 1. The summed E-state index contributed by atoms with van der Waals surface area (Å²) in [6.45, 7) is 6.54. The molecule has 0 bridgehead atoms. The van der Waals surface area contributed by atoms with Gasteiger partial charge in [-0.25, -0.2) is 4.98 Å². The Hall–Kier alpha value is -2.39. The van der Waals surface area contributed by atoms with Gasteiger partial charge in [0.15, 0.2) is 5.65 Å². The van der Waals surface area contributed by atoms with Gasteiger partial charge < -0.3 is 25.2 Å². The third-order valence-electron chi connectivity index (χ3n) is 6.44. The Morgan fingerprint density at radius 2 is 2.03 bits per heavy atom. The quantitative estimate of drug-likeness (QED) is 0.441. The van der Waals surface area contributed by atoms with E-state index in [1.54, 1.807) is 13.1 Å². The molecule has 1 saturated heterocycles. The zero-order valence-electron chi connectivity index (χ0n) is 19.1. The maximum Gasteiger partial charge on any atom is 0.161 e. The molecule has 5 rings (SSSR count). The highest BCUT2D eigenvalue weighted by Crippen LogP contribution is 2.46. The highest BCUT2D eigenvalue weighted by Gasteiger charge is 2.54. The van der Waals surface area contributed by atoms with Crippen LogP contribution < -0.4 is 15.4 Å². The van der Waals surface area contributed by atoms with E-state index >= 15 is 0 Å². The molecule has 1 aromatic carbocycles. The summed E-state index contributed by atoms with van der Waals surface area (Å²) in [7, 11) is 1.79. The molecule has 2 aromatic heterocycles. The van der Waals surface area contributed by atoms with E-state index in [4.69, 9.17) is 26.1 Å². The molecule has 3 unspecified atom stereocenters. The van der Waals surface area contributed by atoms with Crippen LogP contribution in [0.4, 0.5) is 5.82 Å². The molecule has 1 aliphatic carbocycles. The topological polar surface area (TPSA) is 92.9 Å². The third kappa shape index (κ3) is 4.53. The van der Waals surface area contributed by atoms with Crippen LogP contribution >= 0.6 is 11.6 Å². The minimum absolute atomic E-state index is 0.173.